The van der Waals surface area contributed by atoms with Crippen LogP contribution in [0, 0.1) is 12.8 Å². The average molecular weight is 445 g/mol. The molecule has 0 atom stereocenters. The van der Waals surface area contributed by atoms with Crippen molar-refractivity contribution in [2.75, 3.05) is 26.0 Å². The van der Waals surface area contributed by atoms with Crippen LogP contribution in [0.25, 0.3) is 10.8 Å². The van der Waals surface area contributed by atoms with Gasteiger partial charge in [-0.1, -0.05) is 30.3 Å². The zero-order chi connectivity index (χ0) is 22.5. The zero-order valence-corrected chi connectivity index (χ0v) is 19.2. The summed E-state index contributed by atoms with van der Waals surface area (Å²) in [5.41, 5.74) is 4.46. The molecule has 5 rings (SSSR count). The normalized spacial score (nSPS) is 16.3. The van der Waals surface area contributed by atoms with Gasteiger partial charge in [0.05, 0.1) is 5.03 Å². The number of hydrogen-bond acceptors (Lipinski definition) is 4. The van der Waals surface area contributed by atoms with Gasteiger partial charge in [0, 0.05) is 37.6 Å². The fraction of sp³-hybridized carbons (Fsp3) is 0.333. The first-order valence-electron chi connectivity index (χ1n) is 11.0. The van der Waals surface area contributed by atoms with Crippen LogP contribution in [0.2, 0.25) is 0 Å². The molecule has 164 valence electrons. The minimum absolute atomic E-state index is 0.186. The van der Waals surface area contributed by atoms with Gasteiger partial charge in [-0.3, -0.25) is 4.79 Å². The molecule has 2 aromatic carbocycles. The zero-order valence-electron chi connectivity index (χ0n) is 18.4. The maximum absolute atomic E-state index is 13.5. The van der Waals surface area contributed by atoms with Gasteiger partial charge in [-0.15, -0.1) is 24.6 Å². The number of nitrogens with zero attached hydrogens (tertiary/aromatic N) is 2. The minimum atomic E-state index is 0.186. The van der Waals surface area contributed by atoms with Crippen LogP contribution in [-0.2, 0) is 17.6 Å². The van der Waals surface area contributed by atoms with Crippen molar-refractivity contribution in [2.45, 2.75) is 36.8 Å². The molecule has 0 unspecified atom stereocenters. The quantitative estimate of drug-likeness (QED) is 0.421. The van der Waals surface area contributed by atoms with Gasteiger partial charge in [-0.2, -0.15) is 0 Å². The summed E-state index contributed by atoms with van der Waals surface area (Å²) < 4.78 is 5.51. The van der Waals surface area contributed by atoms with Crippen LogP contribution >= 0.6 is 11.8 Å². The van der Waals surface area contributed by atoms with Crippen molar-refractivity contribution in [3.63, 3.8) is 0 Å². The molecule has 0 spiro atoms. The Balaban J connectivity index is 0.00000119. The number of terminal acetylenes is 1. The van der Waals surface area contributed by atoms with E-state index in [0.717, 1.165) is 56.0 Å². The molecule has 0 N–H and O–H groups in total. The monoisotopic (exact) mass is 444 g/mol. The predicted molar refractivity (Wildman–Crippen MR) is 131 cm³/mol. The Morgan fingerprint density at radius 1 is 1.12 bits per heavy atom. The van der Waals surface area contributed by atoms with Crippen molar-refractivity contribution in [3.8, 4) is 12.8 Å². The Kier molecular flexibility index (Phi) is 7.14. The SMILES string of the molecule is C#C.CSc1ccc(Cc2cc3c(c4ccccc24)CCN(C2CCOCC2)C3=O)cn1. The second kappa shape index (κ2) is 10.2. The lowest BCUT2D eigenvalue weighted by atomic mass is 9.87. The van der Waals surface area contributed by atoms with Crippen LogP contribution in [0.15, 0.2) is 53.7 Å². The number of thioether (sulfide) groups is 1. The number of hydrogen-bond donors (Lipinski definition) is 0. The third kappa shape index (κ3) is 4.39. The number of rotatable bonds is 4. The van der Waals surface area contributed by atoms with Gasteiger partial charge >= 0.3 is 0 Å². The summed E-state index contributed by atoms with van der Waals surface area (Å²) in [5.74, 6) is 0.186. The van der Waals surface area contributed by atoms with E-state index in [4.69, 9.17) is 4.74 Å². The van der Waals surface area contributed by atoms with Gasteiger partial charge < -0.3 is 9.64 Å². The summed E-state index contributed by atoms with van der Waals surface area (Å²) in [6, 6.07) is 15.2. The highest BCUT2D eigenvalue weighted by atomic mass is 32.2. The maximum Gasteiger partial charge on any atom is 0.254 e. The molecule has 1 fully saturated rings. The first-order valence-corrected chi connectivity index (χ1v) is 12.2. The van der Waals surface area contributed by atoms with E-state index in [2.05, 4.69) is 65.2 Å². The van der Waals surface area contributed by atoms with Crippen molar-refractivity contribution in [1.29, 1.82) is 0 Å². The van der Waals surface area contributed by atoms with Crippen molar-refractivity contribution in [2.24, 2.45) is 0 Å². The van der Waals surface area contributed by atoms with Crippen LogP contribution in [0.3, 0.4) is 0 Å². The number of carbonyl (C=O) groups excluding carboxylic acids is 1. The topological polar surface area (TPSA) is 42.4 Å². The Labute approximate surface area is 194 Å². The standard InChI is InChI=1S/C25H26N2O2S.C2H2/c1-30-24-7-6-17(16-26-24)14-18-15-23-22(21-5-3-2-4-20(18)21)8-11-27(25(23)28)19-9-12-29-13-10-19;1-2/h2-7,15-16,19H,8-14H2,1H3;1-2H. The number of benzene rings is 2. The fourth-order valence-corrected chi connectivity index (χ4v) is 5.17. The Morgan fingerprint density at radius 2 is 1.88 bits per heavy atom. The van der Waals surface area contributed by atoms with Gasteiger partial charge in [0.1, 0.15) is 0 Å². The molecule has 0 radical (unpaired) electrons. The third-order valence-corrected chi connectivity index (χ3v) is 7.03. The maximum atomic E-state index is 13.5. The second-order valence-corrected chi connectivity index (χ2v) is 8.91. The van der Waals surface area contributed by atoms with Gasteiger partial charge in [0.2, 0.25) is 0 Å². The Hall–Kier alpha value is -2.81. The van der Waals surface area contributed by atoms with Crippen LogP contribution in [0.5, 0.6) is 0 Å². The number of carbonyl (C=O) groups is 1. The lowest BCUT2D eigenvalue weighted by Crippen LogP contribution is -2.47. The van der Waals surface area contributed by atoms with Crippen molar-refractivity contribution in [3.05, 3.63) is 70.9 Å². The van der Waals surface area contributed by atoms with Crippen LogP contribution in [-0.4, -0.2) is 47.8 Å². The molecule has 4 nitrogen and oxygen atoms in total. The van der Waals surface area contributed by atoms with E-state index in [1.165, 1.54) is 27.5 Å². The third-order valence-electron chi connectivity index (χ3n) is 6.37. The second-order valence-electron chi connectivity index (χ2n) is 8.09. The van der Waals surface area contributed by atoms with Crippen LogP contribution < -0.4 is 0 Å². The van der Waals surface area contributed by atoms with E-state index in [1.807, 2.05) is 12.5 Å². The van der Waals surface area contributed by atoms with Gasteiger partial charge in [-0.25, -0.2) is 4.98 Å². The van der Waals surface area contributed by atoms with Crippen molar-refractivity contribution >= 4 is 28.4 Å². The average Bonchev–Trinajstić information content (AvgIpc) is 2.87. The molecule has 3 heterocycles. The van der Waals surface area contributed by atoms with E-state index in [-0.39, 0.29) is 5.91 Å². The number of pyridine rings is 1. The Morgan fingerprint density at radius 3 is 2.56 bits per heavy atom. The molecular formula is C27H28N2O2S. The number of fused-ring (bicyclic) bond motifs is 3. The first kappa shape index (κ1) is 22.4. The summed E-state index contributed by atoms with van der Waals surface area (Å²) in [6.45, 7) is 2.31. The summed E-state index contributed by atoms with van der Waals surface area (Å²) in [7, 11) is 0. The molecule has 32 heavy (non-hydrogen) atoms. The van der Waals surface area contributed by atoms with Gasteiger partial charge in [-0.05, 0) is 71.5 Å². The highest BCUT2D eigenvalue weighted by Gasteiger charge is 2.32. The number of amides is 1. The van der Waals surface area contributed by atoms with E-state index < -0.39 is 0 Å². The molecule has 3 aromatic rings. The van der Waals surface area contributed by atoms with Gasteiger partial charge in [0.15, 0.2) is 0 Å². The smallest absolute Gasteiger partial charge is 0.254 e. The fourth-order valence-electron chi connectivity index (χ4n) is 4.81. The van der Waals surface area contributed by atoms with E-state index in [1.54, 1.807) is 11.8 Å². The van der Waals surface area contributed by atoms with Crippen molar-refractivity contribution in [1.82, 2.24) is 9.88 Å². The molecule has 1 saturated heterocycles. The lowest BCUT2D eigenvalue weighted by molar-refractivity contribution is 0.0277. The van der Waals surface area contributed by atoms with Crippen molar-refractivity contribution < 1.29 is 9.53 Å². The molecule has 0 saturated carbocycles. The molecular weight excluding hydrogens is 416 g/mol. The highest BCUT2D eigenvalue weighted by molar-refractivity contribution is 7.98. The molecule has 5 heteroatoms. The molecule has 0 bridgehead atoms. The molecule has 0 aliphatic carbocycles. The first-order chi connectivity index (χ1) is 15.7. The molecule has 1 aromatic heterocycles. The number of ether oxygens (including phenoxy) is 1. The van der Waals surface area contributed by atoms with E-state index >= 15 is 0 Å². The highest BCUT2D eigenvalue weighted by Crippen LogP contribution is 2.33. The summed E-state index contributed by atoms with van der Waals surface area (Å²) in [5, 5.41) is 3.49. The van der Waals surface area contributed by atoms with Crippen LogP contribution in [0.1, 0.15) is 39.9 Å². The molecule has 2 aliphatic heterocycles. The van der Waals surface area contributed by atoms with Crippen LogP contribution in [0.4, 0.5) is 0 Å². The van der Waals surface area contributed by atoms with E-state index in [0.29, 0.717) is 6.04 Å². The summed E-state index contributed by atoms with van der Waals surface area (Å²) in [4.78, 5) is 20.1. The summed E-state index contributed by atoms with van der Waals surface area (Å²) >= 11 is 1.65. The lowest BCUT2D eigenvalue weighted by Gasteiger charge is -2.38. The predicted octanol–water partition coefficient (Wildman–Crippen LogP) is 4.97. The summed E-state index contributed by atoms with van der Waals surface area (Å²) in [6.07, 6.45) is 15.6. The minimum Gasteiger partial charge on any atom is -0.381 e. The number of aromatic nitrogens is 1. The Bertz CT molecular complexity index is 1120. The van der Waals surface area contributed by atoms with E-state index in [9.17, 15) is 4.79 Å². The molecule has 1 amide bonds. The molecule has 2 aliphatic rings. The van der Waals surface area contributed by atoms with Gasteiger partial charge in [0.25, 0.3) is 5.91 Å². The largest absolute Gasteiger partial charge is 0.381 e.